The first-order valence-electron chi connectivity index (χ1n) is 7.85. The van der Waals surface area contributed by atoms with Crippen LogP contribution in [0, 0.1) is 0 Å². The summed E-state index contributed by atoms with van der Waals surface area (Å²) in [7, 11) is -1.34. The maximum Gasteiger partial charge on any atom is 0.246 e. The molecule has 1 aliphatic heterocycles. The molecule has 0 radical (unpaired) electrons. The van der Waals surface area contributed by atoms with Crippen LogP contribution in [0.2, 0.25) is 5.02 Å². The molecule has 0 aliphatic carbocycles. The molecular formula is C18H18ClNO3S2. The molecule has 0 N–H and O–H groups in total. The second-order valence-electron chi connectivity index (χ2n) is 6.05. The minimum Gasteiger partial charge on any atom is -0.338 e. The molecule has 1 unspecified atom stereocenters. The van der Waals surface area contributed by atoms with E-state index in [1.165, 1.54) is 11.0 Å². The van der Waals surface area contributed by atoms with Gasteiger partial charge in [-0.15, -0.1) is 11.3 Å². The van der Waals surface area contributed by atoms with Gasteiger partial charge in [-0.1, -0.05) is 23.7 Å². The van der Waals surface area contributed by atoms with Crippen LogP contribution in [0.4, 0.5) is 0 Å². The van der Waals surface area contributed by atoms with Gasteiger partial charge in [0.1, 0.15) is 0 Å². The molecule has 1 aromatic heterocycles. The number of sulfone groups is 1. The Hall–Kier alpha value is -1.63. The number of hydrogen-bond donors (Lipinski definition) is 0. The van der Waals surface area contributed by atoms with Gasteiger partial charge in [-0.05, 0) is 42.3 Å². The molecule has 0 saturated carbocycles. The van der Waals surface area contributed by atoms with Gasteiger partial charge in [-0.2, -0.15) is 0 Å². The van der Waals surface area contributed by atoms with E-state index in [1.807, 2.05) is 36.4 Å². The lowest BCUT2D eigenvalue weighted by atomic mass is 10.2. The summed E-state index contributed by atoms with van der Waals surface area (Å²) >= 11 is 7.48. The van der Waals surface area contributed by atoms with Gasteiger partial charge < -0.3 is 4.90 Å². The highest BCUT2D eigenvalue weighted by molar-refractivity contribution is 7.91. The standard InChI is InChI=1S/C18H18ClNO3S2/c1-20(15-10-11-25(22,23)12-15)18(21)9-7-16-6-8-17(24-16)13-2-4-14(19)5-3-13/h2-9,15H,10-12H2,1H3/b9-7+. The Kier molecular flexibility index (Phi) is 5.32. The number of rotatable bonds is 4. The van der Waals surface area contributed by atoms with Gasteiger partial charge >= 0.3 is 0 Å². The summed E-state index contributed by atoms with van der Waals surface area (Å²) in [4.78, 5) is 15.8. The Balaban J connectivity index is 1.66. The van der Waals surface area contributed by atoms with E-state index in [0.29, 0.717) is 11.4 Å². The molecule has 3 rings (SSSR count). The summed E-state index contributed by atoms with van der Waals surface area (Å²) in [6.45, 7) is 0. The molecule has 0 spiro atoms. The monoisotopic (exact) mass is 395 g/mol. The first-order valence-corrected chi connectivity index (χ1v) is 10.9. The number of halogens is 1. The molecule has 7 heteroatoms. The number of thiophene rings is 1. The van der Waals surface area contributed by atoms with Crippen molar-refractivity contribution in [3.8, 4) is 10.4 Å². The third kappa shape index (κ3) is 4.51. The SMILES string of the molecule is CN(C(=O)/C=C/c1ccc(-c2ccc(Cl)cc2)s1)C1CCS(=O)(=O)C1. The number of carbonyl (C=O) groups excluding carboxylic acids is 1. The highest BCUT2D eigenvalue weighted by Crippen LogP contribution is 2.29. The second kappa shape index (κ2) is 7.32. The quantitative estimate of drug-likeness (QED) is 0.741. The minimum atomic E-state index is -3.00. The van der Waals surface area contributed by atoms with E-state index >= 15 is 0 Å². The maximum atomic E-state index is 12.3. The number of amides is 1. The van der Waals surface area contributed by atoms with Gasteiger partial charge in [0, 0.05) is 33.9 Å². The molecule has 1 atom stereocenters. The van der Waals surface area contributed by atoms with Crippen molar-refractivity contribution >= 4 is 44.8 Å². The van der Waals surface area contributed by atoms with Gasteiger partial charge in [0.2, 0.25) is 5.91 Å². The van der Waals surface area contributed by atoms with Crippen LogP contribution in [0.1, 0.15) is 11.3 Å². The van der Waals surface area contributed by atoms with Crippen molar-refractivity contribution in [2.24, 2.45) is 0 Å². The Morgan fingerprint density at radius 3 is 2.60 bits per heavy atom. The summed E-state index contributed by atoms with van der Waals surface area (Å²) in [6, 6.07) is 11.3. The molecule has 1 aliphatic rings. The fraction of sp³-hybridized carbons (Fsp3) is 0.278. The van der Waals surface area contributed by atoms with E-state index in [2.05, 4.69) is 0 Å². The van der Waals surface area contributed by atoms with Crippen molar-refractivity contribution < 1.29 is 13.2 Å². The first kappa shape index (κ1) is 18.2. The predicted octanol–water partition coefficient (Wildman–Crippen LogP) is 3.73. The zero-order valence-electron chi connectivity index (χ0n) is 13.7. The summed E-state index contributed by atoms with van der Waals surface area (Å²) in [6.07, 6.45) is 3.78. The Morgan fingerprint density at radius 2 is 1.96 bits per heavy atom. The van der Waals surface area contributed by atoms with Crippen LogP contribution < -0.4 is 0 Å². The molecule has 132 valence electrons. The van der Waals surface area contributed by atoms with Crippen LogP contribution in [0.5, 0.6) is 0 Å². The van der Waals surface area contributed by atoms with E-state index in [9.17, 15) is 13.2 Å². The number of benzene rings is 1. The molecule has 25 heavy (non-hydrogen) atoms. The fourth-order valence-corrected chi connectivity index (χ4v) is 5.56. The topological polar surface area (TPSA) is 54.5 Å². The third-order valence-corrected chi connectivity index (χ3v) is 7.35. The van der Waals surface area contributed by atoms with E-state index in [1.54, 1.807) is 24.5 Å². The van der Waals surface area contributed by atoms with Crippen LogP contribution in [0.15, 0.2) is 42.5 Å². The van der Waals surface area contributed by atoms with Crippen molar-refractivity contribution in [1.82, 2.24) is 4.90 Å². The van der Waals surface area contributed by atoms with E-state index < -0.39 is 9.84 Å². The second-order valence-corrected chi connectivity index (χ2v) is 9.83. The molecule has 1 aromatic carbocycles. The molecule has 2 aromatic rings. The van der Waals surface area contributed by atoms with E-state index in [4.69, 9.17) is 11.6 Å². The molecule has 1 fully saturated rings. The maximum absolute atomic E-state index is 12.3. The number of carbonyl (C=O) groups is 1. The van der Waals surface area contributed by atoms with Gasteiger partial charge in [0.25, 0.3) is 0 Å². The van der Waals surface area contributed by atoms with E-state index in [0.717, 1.165) is 15.3 Å². The van der Waals surface area contributed by atoms with Crippen molar-refractivity contribution in [3.63, 3.8) is 0 Å². The Labute approximate surface area is 156 Å². The summed E-state index contributed by atoms with van der Waals surface area (Å²) in [5.41, 5.74) is 1.08. The van der Waals surface area contributed by atoms with Crippen LogP contribution in [-0.2, 0) is 14.6 Å². The van der Waals surface area contributed by atoms with Crippen LogP contribution in [-0.4, -0.2) is 43.8 Å². The van der Waals surface area contributed by atoms with Crippen molar-refractivity contribution in [3.05, 3.63) is 52.4 Å². The average Bonchev–Trinajstić information content (AvgIpc) is 3.19. The van der Waals surface area contributed by atoms with Crippen LogP contribution in [0.25, 0.3) is 16.5 Å². The van der Waals surface area contributed by atoms with Crippen LogP contribution >= 0.6 is 22.9 Å². The first-order chi connectivity index (χ1) is 11.8. The predicted molar refractivity (Wildman–Crippen MR) is 104 cm³/mol. The van der Waals surface area contributed by atoms with Crippen molar-refractivity contribution in [2.75, 3.05) is 18.6 Å². The Bertz CT molecular complexity index is 901. The molecule has 2 heterocycles. The molecule has 1 amide bonds. The smallest absolute Gasteiger partial charge is 0.246 e. The minimum absolute atomic E-state index is 0.0583. The van der Waals surface area contributed by atoms with Gasteiger partial charge in [-0.3, -0.25) is 4.79 Å². The molecular weight excluding hydrogens is 378 g/mol. The van der Waals surface area contributed by atoms with Crippen molar-refractivity contribution in [2.45, 2.75) is 12.5 Å². The summed E-state index contributed by atoms with van der Waals surface area (Å²) in [5.74, 6) is 0.0421. The average molecular weight is 396 g/mol. The lowest BCUT2D eigenvalue weighted by molar-refractivity contribution is -0.126. The summed E-state index contributed by atoms with van der Waals surface area (Å²) in [5, 5.41) is 0.697. The molecule has 0 bridgehead atoms. The lowest BCUT2D eigenvalue weighted by Crippen LogP contribution is -2.36. The number of likely N-dealkylation sites (N-methyl/N-ethyl adjacent to an activating group) is 1. The lowest BCUT2D eigenvalue weighted by Gasteiger charge is -2.21. The highest BCUT2D eigenvalue weighted by Gasteiger charge is 2.32. The largest absolute Gasteiger partial charge is 0.338 e. The zero-order chi connectivity index (χ0) is 18.0. The van der Waals surface area contributed by atoms with E-state index in [-0.39, 0.29) is 23.5 Å². The normalized spacial score (nSPS) is 19.4. The van der Waals surface area contributed by atoms with Crippen LogP contribution in [0.3, 0.4) is 0 Å². The third-order valence-electron chi connectivity index (χ3n) is 4.25. The van der Waals surface area contributed by atoms with Gasteiger partial charge in [0.05, 0.1) is 11.5 Å². The summed E-state index contributed by atoms with van der Waals surface area (Å²) < 4.78 is 23.1. The van der Waals surface area contributed by atoms with Crippen molar-refractivity contribution in [1.29, 1.82) is 0 Å². The fourth-order valence-electron chi connectivity index (χ4n) is 2.74. The van der Waals surface area contributed by atoms with Gasteiger partial charge in [-0.25, -0.2) is 8.42 Å². The zero-order valence-corrected chi connectivity index (χ0v) is 16.1. The number of nitrogens with zero attached hydrogens (tertiary/aromatic N) is 1. The molecule has 1 saturated heterocycles. The number of hydrogen-bond acceptors (Lipinski definition) is 4. The highest BCUT2D eigenvalue weighted by atomic mass is 35.5. The Morgan fingerprint density at radius 1 is 1.24 bits per heavy atom. The molecule has 4 nitrogen and oxygen atoms in total. The van der Waals surface area contributed by atoms with Gasteiger partial charge in [0.15, 0.2) is 9.84 Å².